The minimum Gasteiger partial charge on any atom is -0.463 e. The summed E-state index contributed by atoms with van der Waals surface area (Å²) in [5, 5.41) is 0.719. The van der Waals surface area contributed by atoms with Gasteiger partial charge in [-0.3, -0.25) is 5.73 Å². The maximum atomic E-state index is 13.0. The fraction of sp³-hybridized carbons (Fsp3) is 0.200. The van der Waals surface area contributed by atoms with Gasteiger partial charge in [-0.2, -0.15) is 18.6 Å². The first-order chi connectivity index (χ1) is 8.95. The molecule has 0 bridgehead atoms. The summed E-state index contributed by atoms with van der Waals surface area (Å²) in [7, 11) is 0. The summed E-state index contributed by atoms with van der Waals surface area (Å²) in [6.45, 7) is 0. The highest BCUT2D eigenvalue weighted by Crippen LogP contribution is 2.32. The van der Waals surface area contributed by atoms with Crippen LogP contribution in [0.1, 0.15) is 5.76 Å². The van der Waals surface area contributed by atoms with Gasteiger partial charge in [0.15, 0.2) is 12.0 Å². The molecule has 3 heterocycles. The van der Waals surface area contributed by atoms with Gasteiger partial charge in [-0.15, -0.1) is 0 Å². The van der Waals surface area contributed by atoms with Gasteiger partial charge in [-0.05, 0) is 18.2 Å². The molecule has 1 aromatic rings. The number of rotatable bonds is 1. The molecular formula is C10H8F3N5O. The van der Waals surface area contributed by atoms with Gasteiger partial charge in [0.1, 0.15) is 11.4 Å². The van der Waals surface area contributed by atoms with E-state index in [1.165, 1.54) is 12.3 Å². The highest BCUT2D eigenvalue weighted by molar-refractivity contribution is 6.14. The SMILES string of the molecule is NC1N=C2N=C(c3ccco3)C=C(C(F)(F)F)N2N1. The molecule has 9 heteroatoms. The van der Waals surface area contributed by atoms with Crippen LogP contribution in [0.25, 0.3) is 0 Å². The third-order valence-electron chi connectivity index (χ3n) is 2.51. The van der Waals surface area contributed by atoms with E-state index >= 15 is 0 Å². The number of halogens is 3. The van der Waals surface area contributed by atoms with Crippen LogP contribution in [0.15, 0.2) is 44.6 Å². The molecule has 1 aromatic heterocycles. The van der Waals surface area contributed by atoms with Crippen molar-refractivity contribution in [2.45, 2.75) is 12.5 Å². The Labute approximate surface area is 105 Å². The summed E-state index contributed by atoms with van der Waals surface area (Å²) < 4.78 is 44.0. The number of alkyl halides is 3. The molecule has 0 spiro atoms. The number of nitrogens with two attached hydrogens (primary N) is 1. The summed E-state index contributed by atoms with van der Waals surface area (Å²) in [5.41, 5.74) is 6.90. The minimum atomic E-state index is -4.56. The lowest BCUT2D eigenvalue weighted by molar-refractivity contribution is -0.109. The molecule has 2 aliphatic rings. The van der Waals surface area contributed by atoms with Gasteiger partial charge in [-0.1, -0.05) is 0 Å². The maximum Gasteiger partial charge on any atom is 0.433 e. The Kier molecular flexibility index (Phi) is 2.47. The molecule has 1 atom stereocenters. The molecule has 2 aliphatic heterocycles. The summed E-state index contributed by atoms with van der Waals surface area (Å²) >= 11 is 0. The molecule has 100 valence electrons. The zero-order chi connectivity index (χ0) is 13.6. The predicted octanol–water partition coefficient (Wildman–Crippen LogP) is 0.947. The molecule has 3 N–H and O–H groups in total. The van der Waals surface area contributed by atoms with Crippen LogP contribution in [0.3, 0.4) is 0 Å². The number of hydrazine groups is 1. The molecule has 0 fully saturated rings. The second-order valence-corrected chi connectivity index (χ2v) is 3.84. The van der Waals surface area contributed by atoms with Gasteiger partial charge in [-0.25, -0.2) is 15.0 Å². The third kappa shape index (κ3) is 2.02. The Morgan fingerprint density at radius 3 is 2.84 bits per heavy atom. The van der Waals surface area contributed by atoms with Crippen LogP contribution in [0.2, 0.25) is 0 Å². The number of hydrogen-bond acceptors (Lipinski definition) is 6. The second-order valence-electron chi connectivity index (χ2n) is 3.84. The summed E-state index contributed by atoms with van der Waals surface area (Å²) in [5.74, 6) is 0.0818. The van der Waals surface area contributed by atoms with E-state index in [1.54, 1.807) is 6.07 Å². The number of aliphatic imine (C=N–C) groups is 2. The van der Waals surface area contributed by atoms with Crippen LogP contribution in [0, 0.1) is 0 Å². The van der Waals surface area contributed by atoms with Crippen molar-refractivity contribution < 1.29 is 17.6 Å². The highest BCUT2D eigenvalue weighted by atomic mass is 19.4. The lowest BCUT2D eigenvalue weighted by Gasteiger charge is -2.26. The molecule has 19 heavy (non-hydrogen) atoms. The Morgan fingerprint density at radius 2 is 2.21 bits per heavy atom. The van der Waals surface area contributed by atoms with Crippen LogP contribution in [0.4, 0.5) is 13.2 Å². The summed E-state index contributed by atoms with van der Waals surface area (Å²) in [6.07, 6.45) is -3.29. The molecule has 0 radical (unpaired) electrons. The van der Waals surface area contributed by atoms with E-state index in [0.717, 1.165) is 11.1 Å². The van der Waals surface area contributed by atoms with Crippen LogP contribution in [-0.4, -0.2) is 29.1 Å². The number of hydrogen-bond donors (Lipinski definition) is 2. The zero-order valence-corrected chi connectivity index (χ0v) is 9.35. The molecule has 0 aromatic carbocycles. The van der Waals surface area contributed by atoms with Crippen molar-refractivity contribution in [1.29, 1.82) is 0 Å². The molecule has 0 saturated carbocycles. The van der Waals surface area contributed by atoms with E-state index in [-0.39, 0.29) is 17.4 Å². The fourth-order valence-corrected chi connectivity index (χ4v) is 1.75. The normalized spacial score (nSPS) is 22.8. The van der Waals surface area contributed by atoms with Gasteiger partial charge in [0, 0.05) is 0 Å². The molecule has 0 saturated heterocycles. The van der Waals surface area contributed by atoms with E-state index in [4.69, 9.17) is 10.2 Å². The van der Waals surface area contributed by atoms with E-state index in [1.807, 2.05) is 0 Å². The van der Waals surface area contributed by atoms with E-state index in [9.17, 15) is 13.2 Å². The lowest BCUT2D eigenvalue weighted by Crippen LogP contribution is -2.47. The number of nitrogens with one attached hydrogen (secondary N) is 1. The number of guanidine groups is 1. The van der Waals surface area contributed by atoms with Crippen molar-refractivity contribution in [3.05, 3.63) is 35.9 Å². The van der Waals surface area contributed by atoms with Gasteiger partial charge in [0.05, 0.1) is 6.26 Å². The average Bonchev–Trinajstić information content (AvgIpc) is 2.92. The van der Waals surface area contributed by atoms with Crippen LogP contribution in [0.5, 0.6) is 0 Å². The predicted molar refractivity (Wildman–Crippen MR) is 59.8 cm³/mol. The summed E-state index contributed by atoms with van der Waals surface area (Å²) in [6, 6.07) is 3.08. The lowest BCUT2D eigenvalue weighted by atomic mass is 10.2. The molecule has 0 amide bonds. The van der Waals surface area contributed by atoms with Gasteiger partial charge >= 0.3 is 6.18 Å². The Hall–Kier alpha value is -2.13. The zero-order valence-electron chi connectivity index (χ0n) is 9.35. The minimum absolute atomic E-state index is 0.0447. The first kappa shape index (κ1) is 11.9. The van der Waals surface area contributed by atoms with Crippen LogP contribution < -0.4 is 11.2 Å². The van der Waals surface area contributed by atoms with Crippen LogP contribution >= 0.6 is 0 Å². The quantitative estimate of drug-likeness (QED) is 0.797. The number of fused-ring (bicyclic) bond motifs is 1. The van der Waals surface area contributed by atoms with Gasteiger partial charge in [0.25, 0.3) is 0 Å². The number of furan rings is 1. The van der Waals surface area contributed by atoms with E-state index < -0.39 is 18.2 Å². The largest absolute Gasteiger partial charge is 0.463 e. The molecule has 0 aliphatic carbocycles. The standard InChI is InChI=1S/C10H8F3N5O/c11-10(12,13)7-4-5(6-2-1-3-19-6)15-9-16-8(14)17-18(7)9/h1-4,8,17H,14H2. The monoisotopic (exact) mass is 271 g/mol. The van der Waals surface area contributed by atoms with Gasteiger partial charge < -0.3 is 4.42 Å². The number of nitrogens with zero attached hydrogens (tertiary/aromatic N) is 3. The van der Waals surface area contributed by atoms with Crippen molar-refractivity contribution in [3.63, 3.8) is 0 Å². The maximum absolute atomic E-state index is 13.0. The Bertz CT molecular complexity index is 587. The van der Waals surface area contributed by atoms with Crippen molar-refractivity contribution >= 4 is 11.7 Å². The molecular weight excluding hydrogens is 263 g/mol. The molecule has 6 nitrogen and oxygen atoms in total. The molecule has 3 rings (SSSR count). The van der Waals surface area contributed by atoms with Crippen LogP contribution in [-0.2, 0) is 0 Å². The first-order valence-corrected chi connectivity index (χ1v) is 5.26. The fourth-order valence-electron chi connectivity index (χ4n) is 1.75. The first-order valence-electron chi connectivity index (χ1n) is 5.26. The topological polar surface area (TPSA) is 79.1 Å². The van der Waals surface area contributed by atoms with E-state index in [2.05, 4.69) is 15.4 Å². The van der Waals surface area contributed by atoms with Gasteiger partial charge in [0.2, 0.25) is 5.96 Å². The highest BCUT2D eigenvalue weighted by Gasteiger charge is 2.44. The number of allylic oxidation sites excluding steroid dienone is 2. The average molecular weight is 271 g/mol. The third-order valence-corrected chi connectivity index (χ3v) is 2.51. The van der Waals surface area contributed by atoms with Crippen molar-refractivity contribution in [2.75, 3.05) is 0 Å². The summed E-state index contributed by atoms with van der Waals surface area (Å²) in [4.78, 5) is 7.75. The van der Waals surface area contributed by atoms with Crippen molar-refractivity contribution in [2.24, 2.45) is 15.7 Å². The van der Waals surface area contributed by atoms with E-state index in [0.29, 0.717) is 0 Å². The Morgan fingerprint density at radius 1 is 1.42 bits per heavy atom. The smallest absolute Gasteiger partial charge is 0.433 e. The molecule has 1 unspecified atom stereocenters. The van der Waals surface area contributed by atoms with Crippen molar-refractivity contribution in [1.82, 2.24) is 10.4 Å². The second kappa shape index (κ2) is 3.93. The van der Waals surface area contributed by atoms with Crippen molar-refractivity contribution in [3.8, 4) is 0 Å². The Balaban J connectivity index is 2.09.